The van der Waals surface area contributed by atoms with Crippen LogP contribution in [0.25, 0.3) is 89.2 Å². The highest BCUT2D eigenvalue weighted by Gasteiger charge is 2.14. The van der Waals surface area contributed by atoms with Gasteiger partial charge in [0.1, 0.15) is 0 Å². The number of hydrogen-bond acceptors (Lipinski definition) is 4. The molecule has 0 bridgehead atoms. The SMILES string of the molecule is c1ccc(-c2nc(-c3ccccc3)nc(-c3ccc(-c4ccc(-c5ccc(-c6cccc7cccnc67)cc5)c5ccccc45)cc3)n2)cc1. The van der Waals surface area contributed by atoms with Crippen LogP contribution in [-0.2, 0) is 0 Å². The molecule has 4 nitrogen and oxygen atoms in total. The molecule has 0 radical (unpaired) electrons. The smallest absolute Gasteiger partial charge is 0.164 e. The minimum absolute atomic E-state index is 0.646. The lowest BCUT2D eigenvalue weighted by molar-refractivity contribution is 1.07. The van der Waals surface area contributed by atoms with Crippen molar-refractivity contribution in [1.29, 1.82) is 0 Å². The van der Waals surface area contributed by atoms with Crippen molar-refractivity contribution >= 4 is 21.7 Å². The van der Waals surface area contributed by atoms with Crippen LogP contribution in [0.1, 0.15) is 0 Å². The largest absolute Gasteiger partial charge is 0.256 e. The summed E-state index contributed by atoms with van der Waals surface area (Å²) in [5, 5.41) is 3.56. The van der Waals surface area contributed by atoms with Gasteiger partial charge >= 0.3 is 0 Å². The zero-order valence-electron chi connectivity index (χ0n) is 27.1. The van der Waals surface area contributed by atoms with Crippen molar-refractivity contribution in [2.45, 2.75) is 0 Å². The lowest BCUT2D eigenvalue weighted by Crippen LogP contribution is -2.00. The van der Waals surface area contributed by atoms with Crippen LogP contribution < -0.4 is 0 Å². The van der Waals surface area contributed by atoms with Crippen LogP contribution in [0.5, 0.6) is 0 Å². The van der Waals surface area contributed by atoms with E-state index in [0.29, 0.717) is 17.5 Å². The molecule has 0 fully saturated rings. The molecule has 50 heavy (non-hydrogen) atoms. The van der Waals surface area contributed by atoms with Gasteiger partial charge in [0, 0.05) is 33.8 Å². The summed E-state index contributed by atoms with van der Waals surface area (Å²) in [4.78, 5) is 19.3. The van der Waals surface area contributed by atoms with Gasteiger partial charge < -0.3 is 0 Å². The summed E-state index contributed by atoms with van der Waals surface area (Å²) in [5.74, 6) is 1.95. The molecule has 2 aromatic heterocycles. The molecule has 9 aromatic rings. The average molecular weight is 639 g/mol. The molecule has 0 atom stereocenters. The maximum atomic E-state index is 4.91. The number of nitrogens with zero attached hydrogens (tertiary/aromatic N) is 4. The van der Waals surface area contributed by atoms with Gasteiger partial charge in [-0.2, -0.15) is 0 Å². The number of benzene rings is 7. The summed E-state index contributed by atoms with van der Waals surface area (Å²) in [6, 6.07) is 61.1. The second-order valence-corrected chi connectivity index (χ2v) is 12.3. The van der Waals surface area contributed by atoms with Gasteiger partial charge in [-0.3, -0.25) is 4.98 Å². The topological polar surface area (TPSA) is 51.6 Å². The highest BCUT2D eigenvalue weighted by Crippen LogP contribution is 2.37. The predicted molar refractivity (Wildman–Crippen MR) is 205 cm³/mol. The minimum Gasteiger partial charge on any atom is -0.256 e. The number of rotatable bonds is 6. The second-order valence-electron chi connectivity index (χ2n) is 12.3. The maximum absolute atomic E-state index is 4.91. The first-order valence-corrected chi connectivity index (χ1v) is 16.7. The van der Waals surface area contributed by atoms with Crippen LogP contribution >= 0.6 is 0 Å². The van der Waals surface area contributed by atoms with Gasteiger partial charge in [-0.15, -0.1) is 0 Å². The fraction of sp³-hybridized carbons (Fsp3) is 0. The average Bonchev–Trinajstić information content (AvgIpc) is 3.21. The Balaban J connectivity index is 1.07. The van der Waals surface area contributed by atoms with Crippen molar-refractivity contribution in [3.05, 3.63) is 182 Å². The van der Waals surface area contributed by atoms with E-state index in [-0.39, 0.29) is 0 Å². The van der Waals surface area contributed by atoms with E-state index in [1.165, 1.54) is 27.5 Å². The Kier molecular flexibility index (Phi) is 7.45. The molecule has 0 saturated heterocycles. The van der Waals surface area contributed by atoms with Gasteiger partial charge in [0.2, 0.25) is 0 Å². The molecule has 234 valence electrons. The van der Waals surface area contributed by atoms with E-state index >= 15 is 0 Å². The lowest BCUT2D eigenvalue weighted by atomic mass is 9.91. The summed E-state index contributed by atoms with van der Waals surface area (Å²) < 4.78 is 0. The van der Waals surface area contributed by atoms with Gasteiger partial charge in [0.15, 0.2) is 17.5 Å². The number of fused-ring (bicyclic) bond motifs is 2. The molecule has 0 N–H and O–H groups in total. The van der Waals surface area contributed by atoms with E-state index in [1.807, 2.05) is 72.9 Å². The summed E-state index contributed by atoms with van der Waals surface area (Å²) in [6.07, 6.45) is 1.86. The summed E-state index contributed by atoms with van der Waals surface area (Å²) in [5.41, 5.74) is 10.9. The molecule has 0 aliphatic carbocycles. The van der Waals surface area contributed by atoms with Crippen molar-refractivity contribution in [2.75, 3.05) is 0 Å². The van der Waals surface area contributed by atoms with Crippen molar-refractivity contribution in [2.24, 2.45) is 0 Å². The number of para-hydroxylation sites is 1. The molecule has 4 heteroatoms. The second kappa shape index (κ2) is 12.7. The first-order valence-electron chi connectivity index (χ1n) is 16.7. The van der Waals surface area contributed by atoms with Crippen LogP contribution in [-0.4, -0.2) is 19.9 Å². The highest BCUT2D eigenvalue weighted by molar-refractivity contribution is 6.05. The Labute approximate surface area is 290 Å². The van der Waals surface area contributed by atoms with E-state index < -0.39 is 0 Å². The fourth-order valence-corrected chi connectivity index (χ4v) is 6.71. The quantitative estimate of drug-likeness (QED) is 0.182. The van der Waals surface area contributed by atoms with Gasteiger partial charge in [0.05, 0.1) is 5.52 Å². The fourth-order valence-electron chi connectivity index (χ4n) is 6.71. The van der Waals surface area contributed by atoms with Gasteiger partial charge in [-0.25, -0.2) is 15.0 Å². The monoisotopic (exact) mass is 638 g/mol. The summed E-state index contributed by atoms with van der Waals surface area (Å²) >= 11 is 0. The van der Waals surface area contributed by atoms with E-state index in [1.54, 1.807) is 0 Å². The van der Waals surface area contributed by atoms with Crippen molar-refractivity contribution < 1.29 is 0 Å². The van der Waals surface area contributed by atoms with Gasteiger partial charge in [0.25, 0.3) is 0 Å². The van der Waals surface area contributed by atoms with E-state index in [0.717, 1.165) is 44.3 Å². The molecule has 0 spiro atoms. The summed E-state index contributed by atoms with van der Waals surface area (Å²) in [7, 11) is 0. The van der Waals surface area contributed by atoms with Crippen molar-refractivity contribution in [3.63, 3.8) is 0 Å². The predicted octanol–water partition coefficient (Wildman–Crippen LogP) is 11.6. The molecule has 7 aromatic carbocycles. The zero-order valence-corrected chi connectivity index (χ0v) is 27.1. The molecule has 2 heterocycles. The molecular formula is C46H30N4. The maximum Gasteiger partial charge on any atom is 0.164 e. The molecule has 0 aliphatic rings. The normalized spacial score (nSPS) is 11.2. The standard InChI is InChI=1S/C46H30N4/c1-3-11-35(12-4-1)44-48-45(36-13-5-2-6-14-36)50-46(49-44)37-26-24-32(25-27-37)39-29-28-38(41-17-7-8-18-42(39)41)31-20-22-33(23-21-31)40-19-9-15-34-16-10-30-47-43(34)40/h1-30H. The third kappa shape index (κ3) is 5.49. The van der Waals surface area contributed by atoms with E-state index in [2.05, 4.69) is 114 Å². The minimum atomic E-state index is 0.646. The Hall–Kier alpha value is -6.78. The Bertz CT molecular complexity index is 2550. The lowest BCUT2D eigenvalue weighted by Gasteiger charge is -2.13. The molecule has 9 rings (SSSR count). The van der Waals surface area contributed by atoms with E-state index in [4.69, 9.17) is 15.0 Å². The van der Waals surface area contributed by atoms with Crippen molar-refractivity contribution in [3.8, 4) is 67.5 Å². The molecule has 0 unspecified atom stereocenters. The van der Waals surface area contributed by atoms with Crippen LogP contribution in [0, 0.1) is 0 Å². The van der Waals surface area contributed by atoms with Crippen LogP contribution in [0.2, 0.25) is 0 Å². The number of hydrogen-bond donors (Lipinski definition) is 0. The van der Waals surface area contributed by atoms with Gasteiger partial charge in [-0.1, -0.05) is 170 Å². The Morgan fingerprint density at radius 3 is 1.22 bits per heavy atom. The summed E-state index contributed by atoms with van der Waals surface area (Å²) in [6.45, 7) is 0. The Morgan fingerprint density at radius 2 is 0.700 bits per heavy atom. The number of aromatic nitrogens is 4. The Morgan fingerprint density at radius 1 is 0.280 bits per heavy atom. The van der Waals surface area contributed by atoms with Crippen LogP contribution in [0.3, 0.4) is 0 Å². The first-order chi connectivity index (χ1) is 24.8. The third-order valence-corrected chi connectivity index (χ3v) is 9.22. The van der Waals surface area contributed by atoms with Crippen molar-refractivity contribution in [1.82, 2.24) is 19.9 Å². The zero-order chi connectivity index (χ0) is 33.3. The molecule has 0 saturated carbocycles. The highest BCUT2D eigenvalue weighted by atomic mass is 15.0. The van der Waals surface area contributed by atoms with E-state index in [9.17, 15) is 0 Å². The van der Waals surface area contributed by atoms with Crippen LogP contribution in [0.15, 0.2) is 182 Å². The first kappa shape index (κ1) is 29.4. The number of pyridine rings is 1. The molecular weight excluding hydrogens is 609 g/mol. The van der Waals surface area contributed by atoms with Crippen LogP contribution in [0.4, 0.5) is 0 Å². The van der Waals surface area contributed by atoms with Gasteiger partial charge in [-0.05, 0) is 44.7 Å². The molecule has 0 aliphatic heterocycles. The third-order valence-electron chi connectivity index (χ3n) is 9.22. The molecule has 0 amide bonds.